The van der Waals surface area contributed by atoms with Gasteiger partial charge in [0.25, 0.3) is 5.91 Å². The number of amides is 1. The first-order chi connectivity index (χ1) is 12.4. The summed E-state index contributed by atoms with van der Waals surface area (Å²) in [6.45, 7) is 4.20. The number of nitrogens with zero attached hydrogens (tertiary/aromatic N) is 2. The number of hydrogen-bond acceptors (Lipinski definition) is 3. The van der Waals surface area contributed by atoms with E-state index in [2.05, 4.69) is 26.3 Å². The molecule has 5 nitrogen and oxygen atoms in total. The number of halogens is 1. The lowest BCUT2D eigenvalue weighted by molar-refractivity contribution is 0.102. The summed E-state index contributed by atoms with van der Waals surface area (Å²) in [6, 6.07) is 15.1. The number of hydrogen-bond donors (Lipinski definition) is 1. The lowest BCUT2D eigenvalue weighted by atomic mass is 10.1. The van der Waals surface area contributed by atoms with E-state index < -0.39 is 0 Å². The van der Waals surface area contributed by atoms with Crippen LogP contribution in [0.4, 0.5) is 5.69 Å². The van der Waals surface area contributed by atoms with Crippen LogP contribution in [0, 0.1) is 13.8 Å². The summed E-state index contributed by atoms with van der Waals surface area (Å²) >= 11 is 3.42. The van der Waals surface area contributed by atoms with Crippen molar-refractivity contribution in [2.75, 3.05) is 5.32 Å². The molecule has 6 heteroatoms. The minimum Gasteiger partial charge on any atom is -0.489 e. The lowest BCUT2D eigenvalue weighted by Gasteiger charge is -2.09. The van der Waals surface area contributed by atoms with Crippen molar-refractivity contribution in [2.24, 2.45) is 7.05 Å². The van der Waals surface area contributed by atoms with Crippen LogP contribution in [0.1, 0.15) is 27.3 Å². The summed E-state index contributed by atoms with van der Waals surface area (Å²) in [5.41, 5.74) is 3.99. The SMILES string of the molecule is Cc1nn(C)c(C)c1NC(=O)c1cccc(COc2cccc(Br)c2)c1. The molecule has 0 spiro atoms. The van der Waals surface area contributed by atoms with Crippen LogP contribution in [-0.2, 0) is 13.7 Å². The molecular weight excluding hydrogens is 394 g/mol. The molecule has 2 aromatic carbocycles. The Morgan fingerprint density at radius 2 is 1.96 bits per heavy atom. The molecule has 0 radical (unpaired) electrons. The standard InChI is InChI=1S/C20H20BrN3O2/c1-13-19(14(2)24(3)23-13)22-20(25)16-7-4-6-15(10-16)12-26-18-9-5-8-17(21)11-18/h4-11H,12H2,1-3H3,(H,22,25). The van der Waals surface area contributed by atoms with Crippen LogP contribution in [-0.4, -0.2) is 15.7 Å². The smallest absolute Gasteiger partial charge is 0.255 e. The molecule has 1 heterocycles. The van der Waals surface area contributed by atoms with Gasteiger partial charge in [0.15, 0.2) is 0 Å². The topological polar surface area (TPSA) is 56.2 Å². The molecule has 0 saturated carbocycles. The Morgan fingerprint density at radius 3 is 2.65 bits per heavy atom. The van der Waals surface area contributed by atoms with Crippen molar-refractivity contribution in [3.63, 3.8) is 0 Å². The van der Waals surface area contributed by atoms with Gasteiger partial charge in [-0.05, 0) is 49.7 Å². The average Bonchev–Trinajstić information content (AvgIpc) is 2.86. The Labute approximate surface area is 161 Å². The summed E-state index contributed by atoms with van der Waals surface area (Å²) in [6.07, 6.45) is 0. The summed E-state index contributed by atoms with van der Waals surface area (Å²) < 4.78 is 8.51. The monoisotopic (exact) mass is 413 g/mol. The first-order valence-corrected chi connectivity index (χ1v) is 9.02. The Bertz CT molecular complexity index is 950. The molecule has 1 N–H and O–H groups in total. The summed E-state index contributed by atoms with van der Waals surface area (Å²) in [5.74, 6) is 0.615. The maximum absolute atomic E-state index is 12.6. The zero-order valence-electron chi connectivity index (χ0n) is 14.9. The first-order valence-electron chi connectivity index (χ1n) is 8.23. The molecule has 134 valence electrons. The van der Waals surface area contributed by atoms with Gasteiger partial charge < -0.3 is 10.1 Å². The van der Waals surface area contributed by atoms with E-state index in [1.54, 1.807) is 10.7 Å². The fraction of sp³-hybridized carbons (Fsp3) is 0.200. The van der Waals surface area contributed by atoms with E-state index in [-0.39, 0.29) is 5.91 Å². The number of aromatic nitrogens is 2. The van der Waals surface area contributed by atoms with Gasteiger partial charge in [-0.2, -0.15) is 5.10 Å². The van der Waals surface area contributed by atoms with Crippen molar-refractivity contribution in [3.05, 3.63) is 75.5 Å². The van der Waals surface area contributed by atoms with Crippen LogP contribution in [0.3, 0.4) is 0 Å². The van der Waals surface area contributed by atoms with Crippen LogP contribution in [0.15, 0.2) is 53.0 Å². The van der Waals surface area contributed by atoms with Gasteiger partial charge in [-0.1, -0.05) is 34.1 Å². The average molecular weight is 414 g/mol. The Morgan fingerprint density at radius 1 is 1.19 bits per heavy atom. The molecule has 3 rings (SSSR count). The van der Waals surface area contributed by atoms with Crippen molar-refractivity contribution in [3.8, 4) is 5.75 Å². The molecule has 0 bridgehead atoms. The van der Waals surface area contributed by atoms with Gasteiger partial charge in [-0.15, -0.1) is 0 Å². The number of carbonyl (C=O) groups is 1. The highest BCUT2D eigenvalue weighted by Gasteiger charge is 2.14. The van der Waals surface area contributed by atoms with Gasteiger partial charge in [0.2, 0.25) is 0 Å². The third kappa shape index (κ3) is 4.14. The Balaban J connectivity index is 1.71. The van der Waals surface area contributed by atoms with Crippen LogP contribution in [0.25, 0.3) is 0 Å². The fourth-order valence-corrected chi connectivity index (χ4v) is 3.04. The third-order valence-electron chi connectivity index (χ3n) is 4.14. The van der Waals surface area contributed by atoms with Crippen LogP contribution < -0.4 is 10.1 Å². The highest BCUT2D eigenvalue weighted by molar-refractivity contribution is 9.10. The number of anilines is 1. The molecule has 0 fully saturated rings. The van der Waals surface area contributed by atoms with E-state index >= 15 is 0 Å². The van der Waals surface area contributed by atoms with Crippen LogP contribution >= 0.6 is 15.9 Å². The molecule has 26 heavy (non-hydrogen) atoms. The van der Waals surface area contributed by atoms with E-state index in [0.717, 1.165) is 32.9 Å². The largest absolute Gasteiger partial charge is 0.489 e. The van der Waals surface area contributed by atoms with Crippen molar-refractivity contribution in [2.45, 2.75) is 20.5 Å². The molecule has 3 aromatic rings. The van der Waals surface area contributed by atoms with Crippen molar-refractivity contribution < 1.29 is 9.53 Å². The van der Waals surface area contributed by atoms with Gasteiger partial charge in [-0.3, -0.25) is 9.48 Å². The number of ether oxygens (including phenoxy) is 1. The number of nitrogens with one attached hydrogen (secondary N) is 1. The molecule has 0 aliphatic carbocycles. The van der Waals surface area contributed by atoms with Crippen LogP contribution in [0.2, 0.25) is 0 Å². The van der Waals surface area contributed by atoms with Crippen molar-refractivity contribution >= 4 is 27.5 Å². The number of aryl methyl sites for hydroxylation is 2. The summed E-state index contributed by atoms with van der Waals surface area (Å²) in [5, 5.41) is 7.28. The molecular formula is C20H20BrN3O2. The molecule has 0 saturated heterocycles. The minimum atomic E-state index is -0.159. The Kier molecular flexibility index (Phi) is 5.42. The second kappa shape index (κ2) is 7.74. The van der Waals surface area contributed by atoms with Crippen LogP contribution in [0.5, 0.6) is 5.75 Å². The van der Waals surface area contributed by atoms with Gasteiger partial charge >= 0.3 is 0 Å². The number of benzene rings is 2. The second-order valence-electron chi connectivity index (χ2n) is 6.07. The quantitative estimate of drug-likeness (QED) is 0.662. The van der Waals surface area contributed by atoms with Gasteiger partial charge in [0.05, 0.1) is 17.1 Å². The highest BCUT2D eigenvalue weighted by Crippen LogP contribution is 2.21. The predicted octanol–water partition coefficient (Wildman–Crippen LogP) is 4.63. The van der Waals surface area contributed by atoms with E-state index in [1.165, 1.54) is 0 Å². The Hall–Kier alpha value is -2.60. The molecule has 0 aliphatic rings. The third-order valence-corrected chi connectivity index (χ3v) is 4.63. The van der Waals surface area contributed by atoms with Gasteiger partial charge in [0, 0.05) is 17.1 Å². The lowest BCUT2D eigenvalue weighted by Crippen LogP contribution is -2.13. The molecule has 0 atom stereocenters. The second-order valence-corrected chi connectivity index (χ2v) is 6.99. The molecule has 1 amide bonds. The highest BCUT2D eigenvalue weighted by atomic mass is 79.9. The van der Waals surface area contributed by atoms with Crippen molar-refractivity contribution in [1.82, 2.24) is 9.78 Å². The normalized spacial score (nSPS) is 10.6. The number of carbonyl (C=O) groups excluding carboxylic acids is 1. The molecule has 0 unspecified atom stereocenters. The summed E-state index contributed by atoms with van der Waals surface area (Å²) in [4.78, 5) is 12.6. The van der Waals surface area contributed by atoms with E-state index in [1.807, 2.05) is 63.4 Å². The first kappa shape index (κ1) is 18.2. The van der Waals surface area contributed by atoms with Gasteiger partial charge in [0.1, 0.15) is 12.4 Å². The van der Waals surface area contributed by atoms with E-state index in [4.69, 9.17) is 4.74 Å². The van der Waals surface area contributed by atoms with Gasteiger partial charge in [-0.25, -0.2) is 0 Å². The zero-order chi connectivity index (χ0) is 18.7. The van der Waals surface area contributed by atoms with E-state index in [9.17, 15) is 4.79 Å². The summed E-state index contributed by atoms with van der Waals surface area (Å²) in [7, 11) is 1.86. The molecule has 1 aromatic heterocycles. The molecule has 0 aliphatic heterocycles. The maximum Gasteiger partial charge on any atom is 0.255 e. The number of rotatable bonds is 5. The van der Waals surface area contributed by atoms with E-state index in [0.29, 0.717) is 12.2 Å². The fourth-order valence-electron chi connectivity index (χ4n) is 2.67. The minimum absolute atomic E-state index is 0.159. The zero-order valence-corrected chi connectivity index (χ0v) is 16.5. The predicted molar refractivity (Wildman–Crippen MR) is 106 cm³/mol. The van der Waals surface area contributed by atoms with Crippen molar-refractivity contribution in [1.29, 1.82) is 0 Å². The maximum atomic E-state index is 12.6.